The zero-order valence-corrected chi connectivity index (χ0v) is 16.6. The van der Waals surface area contributed by atoms with Crippen molar-refractivity contribution < 1.29 is 14.3 Å². The van der Waals surface area contributed by atoms with Gasteiger partial charge in [0.05, 0.1) is 12.7 Å². The Hall–Kier alpha value is -3.03. The van der Waals surface area contributed by atoms with Crippen LogP contribution in [0.3, 0.4) is 0 Å². The summed E-state index contributed by atoms with van der Waals surface area (Å²) in [5.41, 5.74) is 0.859. The predicted octanol–water partition coefficient (Wildman–Crippen LogP) is 1.08. The first-order valence-corrected chi connectivity index (χ1v) is 9.18. The van der Waals surface area contributed by atoms with Gasteiger partial charge in [0, 0.05) is 64.1 Å². The fourth-order valence-corrected chi connectivity index (χ4v) is 3.29. The summed E-state index contributed by atoms with van der Waals surface area (Å²) in [6, 6.07) is 4.65. The molecule has 1 amide bonds. The van der Waals surface area contributed by atoms with E-state index in [-0.39, 0.29) is 28.9 Å². The summed E-state index contributed by atoms with van der Waals surface area (Å²) in [7, 11) is 4.77. The lowest BCUT2D eigenvalue weighted by Crippen LogP contribution is -2.42. The standard InChI is InChI=1S/C20H25N3O5/c1-13-9-15(10-19(25)22(13)3)28-14-5-7-23(8-6-14)20(26)16-12-21(2)18(24)11-17(16)27-4/h9-12,14H,5-8H2,1-4H3. The largest absolute Gasteiger partial charge is 0.496 e. The molecule has 0 aliphatic carbocycles. The second kappa shape index (κ2) is 7.92. The van der Waals surface area contributed by atoms with Crippen LogP contribution in [0.25, 0.3) is 0 Å². The molecule has 1 aliphatic rings. The van der Waals surface area contributed by atoms with Gasteiger partial charge in [-0.3, -0.25) is 14.4 Å². The van der Waals surface area contributed by atoms with E-state index in [1.807, 2.05) is 13.0 Å². The highest BCUT2D eigenvalue weighted by Gasteiger charge is 2.27. The monoisotopic (exact) mass is 387 g/mol. The molecule has 3 rings (SSSR count). The first-order chi connectivity index (χ1) is 13.3. The van der Waals surface area contributed by atoms with Crippen LogP contribution in [0.5, 0.6) is 11.5 Å². The van der Waals surface area contributed by atoms with Crippen LogP contribution in [0.2, 0.25) is 0 Å². The minimum absolute atomic E-state index is 0.0578. The van der Waals surface area contributed by atoms with E-state index in [1.54, 1.807) is 23.6 Å². The number of aromatic nitrogens is 2. The summed E-state index contributed by atoms with van der Waals surface area (Å²) in [5.74, 6) is 0.669. The number of piperidine rings is 1. The molecule has 0 aromatic carbocycles. The highest BCUT2D eigenvalue weighted by atomic mass is 16.5. The number of carbonyl (C=O) groups is 1. The zero-order chi connectivity index (χ0) is 20.4. The van der Waals surface area contributed by atoms with Crippen molar-refractivity contribution in [2.75, 3.05) is 20.2 Å². The Kier molecular flexibility index (Phi) is 5.58. The average Bonchev–Trinajstić information content (AvgIpc) is 2.68. The van der Waals surface area contributed by atoms with Crippen molar-refractivity contribution in [2.45, 2.75) is 25.9 Å². The van der Waals surface area contributed by atoms with Crippen LogP contribution < -0.4 is 20.6 Å². The van der Waals surface area contributed by atoms with Gasteiger partial charge >= 0.3 is 0 Å². The Morgan fingerprint density at radius 1 is 1.07 bits per heavy atom. The summed E-state index contributed by atoms with van der Waals surface area (Å²) in [6.45, 7) is 2.91. The van der Waals surface area contributed by atoms with Gasteiger partial charge in [-0.2, -0.15) is 0 Å². The molecule has 1 fully saturated rings. The molecule has 0 bridgehead atoms. The third kappa shape index (κ3) is 3.95. The van der Waals surface area contributed by atoms with E-state index in [9.17, 15) is 14.4 Å². The van der Waals surface area contributed by atoms with Crippen LogP contribution in [0.4, 0.5) is 0 Å². The van der Waals surface area contributed by atoms with Gasteiger partial charge in [-0.1, -0.05) is 0 Å². The van der Waals surface area contributed by atoms with E-state index in [4.69, 9.17) is 9.47 Å². The summed E-state index contributed by atoms with van der Waals surface area (Å²) >= 11 is 0. The molecule has 1 saturated heterocycles. The van der Waals surface area contributed by atoms with Crippen molar-refractivity contribution in [1.29, 1.82) is 0 Å². The van der Waals surface area contributed by atoms with Crippen LogP contribution in [0, 0.1) is 6.92 Å². The van der Waals surface area contributed by atoms with Gasteiger partial charge in [0.15, 0.2) is 0 Å². The van der Waals surface area contributed by atoms with Gasteiger partial charge in [0.25, 0.3) is 17.0 Å². The van der Waals surface area contributed by atoms with Crippen LogP contribution >= 0.6 is 0 Å². The Bertz CT molecular complexity index is 1000. The molecule has 150 valence electrons. The molecular formula is C20H25N3O5. The molecule has 3 heterocycles. The molecule has 0 N–H and O–H groups in total. The molecule has 0 unspecified atom stereocenters. The maximum atomic E-state index is 12.9. The van der Waals surface area contributed by atoms with Gasteiger partial charge in [-0.15, -0.1) is 0 Å². The topological polar surface area (TPSA) is 82.8 Å². The van der Waals surface area contributed by atoms with Crippen molar-refractivity contribution >= 4 is 5.91 Å². The van der Waals surface area contributed by atoms with E-state index in [0.717, 1.165) is 5.69 Å². The normalized spacial score (nSPS) is 14.8. The summed E-state index contributed by atoms with van der Waals surface area (Å²) in [6.07, 6.45) is 2.77. The average molecular weight is 387 g/mol. The quantitative estimate of drug-likeness (QED) is 0.784. The number of nitrogens with zero attached hydrogens (tertiary/aromatic N) is 3. The Morgan fingerprint density at radius 2 is 1.75 bits per heavy atom. The highest BCUT2D eigenvalue weighted by Crippen LogP contribution is 2.22. The van der Waals surface area contributed by atoms with Crippen molar-refractivity contribution in [3.05, 3.63) is 56.4 Å². The minimum Gasteiger partial charge on any atom is -0.496 e. The van der Waals surface area contributed by atoms with E-state index in [2.05, 4.69) is 0 Å². The number of carbonyl (C=O) groups excluding carboxylic acids is 1. The molecule has 2 aromatic rings. The number of aryl methyl sites for hydroxylation is 2. The van der Waals surface area contributed by atoms with Crippen molar-refractivity contribution in [1.82, 2.24) is 14.0 Å². The molecule has 0 spiro atoms. The molecule has 1 aliphatic heterocycles. The Labute approximate surface area is 162 Å². The number of methoxy groups -OCH3 is 1. The molecule has 0 radical (unpaired) electrons. The number of hydrogen-bond donors (Lipinski definition) is 0. The summed E-state index contributed by atoms with van der Waals surface area (Å²) in [4.78, 5) is 38.3. The van der Waals surface area contributed by atoms with Crippen LogP contribution in [-0.4, -0.2) is 46.2 Å². The number of rotatable bonds is 4. The highest BCUT2D eigenvalue weighted by molar-refractivity contribution is 5.96. The van der Waals surface area contributed by atoms with Crippen LogP contribution in [0.1, 0.15) is 28.9 Å². The first kappa shape index (κ1) is 19.7. The van der Waals surface area contributed by atoms with Gasteiger partial charge in [-0.25, -0.2) is 0 Å². The number of likely N-dealkylation sites (tertiary alicyclic amines) is 1. The summed E-state index contributed by atoms with van der Waals surface area (Å²) < 4.78 is 14.1. The Morgan fingerprint density at radius 3 is 2.36 bits per heavy atom. The fourth-order valence-electron chi connectivity index (χ4n) is 3.29. The third-order valence-corrected chi connectivity index (χ3v) is 5.15. The molecule has 0 atom stereocenters. The first-order valence-electron chi connectivity index (χ1n) is 9.18. The fraction of sp³-hybridized carbons (Fsp3) is 0.450. The maximum Gasteiger partial charge on any atom is 0.259 e. The smallest absolute Gasteiger partial charge is 0.259 e. The molecule has 28 heavy (non-hydrogen) atoms. The second-order valence-electron chi connectivity index (χ2n) is 7.04. The lowest BCUT2D eigenvalue weighted by molar-refractivity contribution is 0.0591. The number of hydrogen-bond acceptors (Lipinski definition) is 5. The van der Waals surface area contributed by atoms with Gasteiger partial charge < -0.3 is 23.5 Å². The minimum atomic E-state index is -0.232. The van der Waals surface area contributed by atoms with Gasteiger partial charge in [-0.05, 0) is 13.0 Å². The summed E-state index contributed by atoms with van der Waals surface area (Å²) in [5, 5.41) is 0. The van der Waals surface area contributed by atoms with E-state index in [0.29, 0.717) is 37.2 Å². The van der Waals surface area contributed by atoms with Crippen LogP contribution in [-0.2, 0) is 14.1 Å². The van der Waals surface area contributed by atoms with Crippen LogP contribution in [0.15, 0.2) is 34.0 Å². The molecule has 0 saturated carbocycles. The zero-order valence-electron chi connectivity index (χ0n) is 16.6. The lowest BCUT2D eigenvalue weighted by Gasteiger charge is -2.32. The molecule has 8 nitrogen and oxygen atoms in total. The van der Waals surface area contributed by atoms with E-state index < -0.39 is 0 Å². The SMILES string of the molecule is COc1cc(=O)n(C)cc1C(=O)N1CCC(Oc2cc(C)n(C)c(=O)c2)CC1. The Balaban J connectivity index is 1.67. The predicted molar refractivity (Wildman–Crippen MR) is 104 cm³/mol. The number of amides is 1. The van der Waals surface area contributed by atoms with Gasteiger partial charge in [0.2, 0.25) is 0 Å². The van der Waals surface area contributed by atoms with Crippen molar-refractivity contribution in [3.8, 4) is 11.5 Å². The maximum absolute atomic E-state index is 12.9. The van der Waals surface area contributed by atoms with E-state index >= 15 is 0 Å². The number of pyridine rings is 2. The van der Waals surface area contributed by atoms with Crippen molar-refractivity contribution in [2.24, 2.45) is 14.1 Å². The molecule has 2 aromatic heterocycles. The van der Waals surface area contributed by atoms with Crippen molar-refractivity contribution in [3.63, 3.8) is 0 Å². The molecular weight excluding hydrogens is 362 g/mol. The molecule has 8 heteroatoms. The number of ether oxygens (including phenoxy) is 2. The third-order valence-electron chi connectivity index (χ3n) is 5.15. The van der Waals surface area contributed by atoms with E-state index in [1.165, 1.54) is 30.0 Å². The van der Waals surface area contributed by atoms with Gasteiger partial charge in [0.1, 0.15) is 17.6 Å². The lowest BCUT2D eigenvalue weighted by atomic mass is 10.1. The second-order valence-corrected chi connectivity index (χ2v) is 7.04.